The molecule has 0 bridgehead atoms. The molecule has 1 fully saturated rings. The van der Waals surface area contributed by atoms with Crippen LogP contribution in [-0.2, 0) is 4.79 Å². The molecular weight excluding hydrogens is 244 g/mol. The van der Waals surface area contributed by atoms with Crippen LogP contribution in [0.15, 0.2) is 0 Å². The zero-order chi connectivity index (χ0) is 14.3. The van der Waals surface area contributed by atoms with E-state index >= 15 is 0 Å². The summed E-state index contributed by atoms with van der Waals surface area (Å²) in [6.07, 6.45) is 4.62. The number of aliphatic carboxylic acids is 1. The Bertz CT molecular complexity index is 274. The van der Waals surface area contributed by atoms with E-state index in [9.17, 15) is 9.90 Å². The molecule has 1 rings (SSSR count). The van der Waals surface area contributed by atoms with E-state index in [1.165, 1.54) is 0 Å². The van der Waals surface area contributed by atoms with E-state index < -0.39 is 11.6 Å². The highest BCUT2D eigenvalue weighted by atomic mass is 16.4. The Hall–Kier alpha value is -0.650. The topological polar surface area (TPSA) is 72.8 Å². The molecule has 1 aliphatic carbocycles. The van der Waals surface area contributed by atoms with Gasteiger partial charge in [0.05, 0.1) is 11.5 Å². The number of hydrogen-bond donors (Lipinski definition) is 3. The lowest BCUT2D eigenvalue weighted by molar-refractivity contribution is -0.144. The summed E-state index contributed by atoms with van der Waals surface area (Å²) >= 11 is 0. The predicted octanol–water partition coefficient (Wildman–Crippen LogP) is 0.924. The molecule has 19 heavy (non-hydrogen) atoms. The summed E-state index contributed by atoms with van der Waals surface area (Å²) in [6, 6.07) is 0. The molecule has 0 atom stereocenters. The van der Waals surface area contributed by atoms with Crippen molar-refractivity contribution in [2.45, 2.75) is 44.1 Å². The van der Waals surface area contributed by atoms with Gasteiger partial charge in [-0.05, 0) is 65.7 Å². The minimum Gasteiger partial charge on any atom is -0.481 e. The van der Waals surface area contributed by atoms with E-state index in [1.807, 2.05) is 0 Å². The number of rotatable bonds is 8. The second-order valence-electron chi connectivity index (χ2n) is 6.02. The van der Waals surface area contributed by atoms with Crippen molar-refractivity contribution >= 4 is 5.97 Å². The summed E-state index contributed by atoms with van der Waals surface area (Å²) in [5, 5.41) is 22.6. The average Bonchev–Trinajstić information content (AvgIpc) is 2.34. The maximum Gasteiger partial charge on any atom is 0.306 e. The lowest BCUT2D eigenvalue weighted by atomic mass is 9.79. The van der Waals surface area contributed by atoms with Crippen LogP contribution in [0, 0.1) is 5.92 Å². The van der Waals surface area contributed by atoms with Crippen LogP contribution < -0.4 is 5.32 Å². The summed E-state index contributed by atoms with van der Waals surface area (Å²) in [5.41, 5.74) is -0.701. The van der Waals surface area contributed by atoms with Gasteiger partial charge in [0.2, 0.25) is 0 Å². The maximum absolute atomic E-state index is 10.9. The molecule has 112 valence electrons. The number of carbonyl (C=O) groups is 1. The number of unbranched alkanes of at least 4 members (excludes halogenated alkanes) is 1. The molecular formula is C14H28N2O3. The number of carboxylic acids is 1. The first kappa shape index (κ1) is 16.4. The first-order valence-corrected chi connectivity index (χ1v) is 7.23. The van der Waals surface area contributed by atoms with Gasteiger partial charge in [-0.25, -0.2) is 0 Å². The van der Waals surface area contributed by atoms with Crippen molar-refractivity contribution in [1.29, 1.82) is 0 Å². The third-order valence-corrected chi connectivity index (χ3v) is 3.93. The van der Waals surface area contributed by atoms with Crippen LogP contribution in [0.3, 0.4) is 0 Å². The largest absolute Gasteiger partial charge is 0.481 e. The Morgan fingerprint density at radius 1 is 1.32 bits per heavy atom. The normalized spacial score (nSPS) is 27.7. The third-order valence-electron chi connectivity index (χ3n) is 3.93. The van der Waals surface area contributed by atoms with Crippen LogP contribution >= 0.6 is 0 Å². The van der Waals surface area contributed by atoms with Gasteiger partial charge in [-0.2, -0.15) is 0 Å². The zero-order valence-electron chi connectivity index (χ0n) is 12.2. The standard InChI is InChI=1S/C14H28N2O3/c1-16(2)10-4-3-9-15-11-14(19)7-5-12(6-8-14)13(17)18/h12,15,19H,3-11H2,1-2H3,(H,17,18). The molecule has 0 amide bonds. The lowest BCUT2D eigenvalue weighted by Crippen LogP contribution is -2.44. The molecule has 0 saturated heterocycles. The fourth-order valence-corrected chi connectivity index (χ4v) is 2.58. The van der Waals surface area contributed by atoms with Crippen molar-refractivity contribution in [1.82, 2.24) is 10.2 Å². The minimum absolute atomic E-state index is 0.264. The Balaban J connectivity index is 2.10. The van der Waals surface area contributed by atoms with Gasteiger partial charge >= 0.3 is 5.97 Å². The summed E-state index contributed by atoms with van der Waals surface area (Å²) in [7, 11) is 4.13. The van der Waals surface area contributed by atoms with Crippen LogP contribution in [0.5, 0.6) is 0 Å². The van der Waals surface area contributed by atoms with Gasteiger partial charge < -0.3 is 20.4 Å². The zero-order valence-corrected chi connectivity index (χ0v) is 12.2. The number of aliphatic hydroxyl groups is 1. The Morgan fingerprint density at radius 3 is 2.47 bits per heavy atom. The van der Waals surface area contributed by atoms with Crippen LogP contribution in [0.1, 0.15) is 38.5 Å². The van der Waals surface area contributed by atoms with Crippen LogP contribution in [0.2, 0.25) is 0 Å². The molecule has 0 heterocycles. The van der Waals surface area contributed by atoms with Gasteiger partial charge in [0.1, 0.15) is 0 Å². The second-order valence-corrected chi connectivity index (χ2v) is 6.02. The number of nitrogens with zero attached hydrogens (tertiary/aromatic N) is 1. The minimum atomic E-state index is -0.723. The van der Waals surface area contributed by atoms with Crippen LogP contribution in [-0.4, -0.2) is 60.4 Å². The first-order chi connectivity index (χ1) is 8.93. The molecule has 0 aliphatic heterocycles. The molecule has 1 aliphatic rings. The number of nitrogens with one attached hydrogen (secondary N) is 1. The van der Waals surface area contributed by atoms with Crippen molar-refractivity contribution in [3.05, 3.63) is 0 Å². The van der Waals surface area contributed by atoms with E-state index in [0.717, 1.165) is 25.9 Å². The highest BCUT2D eigenvalue weighted by Crippen LogP contribution is 2.31. The molecule has 3 N–H and O–H groups in total. The van der Waals surface area contributed by atoms with Crippen molar-refractivity contribution in [2.75, 3.05) is 33.7 Å². The van der Waals surface area contributed by atoms with Gasteiger partial charge in [-0.15, -0.1) is 0 Å². The van der Waals surface area contributed by atoms with Gasteiger partial charge in [-0.3, -0.25) is 4.79 Å². The average molecular weight is 272 g/mol. The molecule has 0 unspecified atom stereocenters. The molecule has 5 heteroatoms. The Kier molecular flexibility index (Phi) is 6.75. The molecule has 0 spiro atoms. The summed E-state index contributed by atoms with van der Waals surface area (Å²) in [4.78, 5) is 13.0. The fraction of sp³-hybridized carbons (Fsp3) is 0.929. The third kappa shape index (κ3) is 6.36. The van der Waals surface area contributed by atoms with E-state index in [0.29, 0.717) is 32.2 Å². The number of hydrogen-bond acceptors (Lipinski definition) is 4. The first-order valence-electron chi connectivity index (χ1n) is 7.23. The van der Waals surface area contributed by atoms with Crippen molar-refractivity contribution < 1.29 is 15.0 Å². The highest BCUT2D eigenvalue weighted by Gasteiger charge is 2.35. The van der Waals surface area contributed by atoms with E-state index in [4.69, 9.17) is 5.11 Å². The molecule has 1 saturated carbocycles. The highest BCUT2D eigenvalue weighted by molar-refractivity contribution is 5.70. The fourth-order valence-electron chi connectivity index (χ4n) is 2.58. The van der Waals surface area contributed by atoms with E-state index in [-0.39, 0.29) is 5.92 Å². The quantitative estimate of drug-likeness (QED) is 0.573. The maximum atomic E-state index is 10.9. The molecule has 5 nitrogen and oxygen atoms in total. The SMILES string of the molecule is CN(C)CCCCNCC1(O)CCC(C(=O)O)CC1. The Morgan fingerprint density at radius 2 is 1.95 bits per heavy atom. The molecule has 0 aromatic heterocycles. The molecule has 0 aromatic carbocycles. The lowest BCUT2D eigenvalue weighted by Gasteiger charge is -2.34. The van der Waals surface area contributed by atoms with Crippen molar-refractivity contribution in [3.8, 4) is 0 Å². The molecule has 0 radical (unpaired) electrons. The van der Waals surface area contributed by atoms with Gasteiger partial charge in [-0.1, -0.05) is 0 Å². The van der Waals surface area contributed by atoms with E-state index in [1.54, 1.807) is 0 Å². The monoisotopic (exact) mass is 272 g/mol. The van der Waals surface area contributed by atoms with Gasteiger partial charge in [0.25, 0.3) is 0 Å². The van der Waals surface area contributed by atoms with E-state index in [2.05, 4.69) is 24.3 Å². The molecule has 0 aromatic rings. The smallest absolute Gasteiger partial charge is 0.306 e. The number of carboxylic acid groups (broad SMARTS) is 1. The second kappa shape index (κ2) is 7.82. The van der Waals surface area contributed by atoms with Gasteiger partial charge in [0.15, 0.2) is 0 Å². The van der Waals surface area contributed by atoms with Crippen LogP contribution in [0.25, 0.3) is 0 Å². The summed E-state index contributed by atoms with van der Waals surface area (Å²) < 4.78 is 0. The van der Waals surface area contributed by atoms with Crippen LogP contribution in [0.4, 0.5) is 0 Å². The predicted molar refractivity (Wildman–Crippen MR) is 75.2 cm³/mol. The van der Waals surface area contributed by atoms with Gasteiger partial charge in [0, 0.05) is 6.54 Å². The summed E-state index contributed by atoms with van der Waals surface area (Å²) in [5.74, 6) is -0.987. The van der Waals surface area contributed by atoms with Crippen molar-refractivity contribution in [2.24, 2.45) is 5.92 Å². The summed E-state index contributed by atoms with van der Waals surface area (Å²) in [6.45, 7) is 2.59. The van der Waals surface area contributed by atoms with Crippen molar-refractivity contribution in [3.63, 3.8) is 0 Å². The Labute approximate surface area is 116 Å².